The lowest BCUT2D eigenvalue weighted by Gasteiger charge is -1.92. The molecule has 52 valence electrons. The van der Waals surface area contributed by atoms with Crippen LogP contribution in [0.15, 0.2) is 21.8 Å². The van der Waals surface area contributed by atoms with Gasteiger partial charge in [-0.3, -0.25) is 0 Å². The number of hydrogen-bond donors (Lipinski definition) is 0. The molecule has 0 heterocycles. The first-order chi connectivity index (χ1) is 4.35. The Morgan fingerprint density at radius 2 is 2.11 bits per heavy atom. The van der Waals surface area contributed by atoms with E-state index in [1.807, 2.05) is 0 Å². The van der Waals surface area contributed by atoms with Gasteiger partial charge in [-0.05, 0) is 16.9 Å². The number of halogens is 1. The van der Waals surface area contributed by atoms with E-state index >= 15 is 0 Å². The minimum atomic E-state index is 1.14. The number of hydrogen-bond acceptors (Lipinski definition) is 0. The summed E-state index contributed by atoms with van der Waals surface area (Å²) >= 11 is 2.24. The zero-order valence-corrected chi connectivity index (χ0v) is 8.18. The molecule has 0 bridgehead atoms. The number of rotatable bonds is 3. The largest absolute Gasteiger partial charge is 0.0816 e. The normalized spacial score (nSPS) is 13.0. The van der Waals surface area contributed by atoms with Gasteiger partial charge < -0.3 is 0 Å². The molecule has 0 aliphatic heterocycles. The van der Waals surface area contributed by atoms with E-state index in [0.717, 1.165) is 12.8 Å². The lowest BCUT2D eigenvalue weighted by molar-refractivity contribution is 1.10. The van der Waals surface area contributed by atoms with Gasteiger partial charge >= 0.3 is 0 Å². The maximum Gasteiger partial charge on any atom is -0.0231 e. The van der Waals surface area contributed by atoms with Crippen molar-refractivity contribution in [3.8, 4) is 0 Å². The molecule has 0 amide bonds. The molecule has 0 aliphatic rings. The van der Waals surface area contributed by atoms with E-state index in [2.05, 4.69) is 52.7 Å². The zero-order chi connectivity index (χ0) is 7.11. The smallest absolute Gasteiger partial charge is 0.0231 e. The molecular weight excluding hydrogens is 223 g/mol. The van der Waals surface area contributed by atoms with Crippen LogP contribution in [0.25, 0.3) is 0 Å². The summed E-state index contributed by atoms with van der Waals surface area (Å²) < 4.78 is 2.06. The van der Waals surface area contributed by atoms with E-state index < -0.39 is 0 Å². The van der Waals surface area contributed by atoms with Crippen LogP contribution in [0.3, 0.4) is 0 Å². The van der Waals surface area contributed by atoms with Crippen LogP contribution >= 0.6 is 22.6 Å². The fourth-order valence-electron chi connectivity index (χ4n) is 0.673. The molecule has 0 aromatic heterocycles. The highest BCUT2D eigenvalue weighted by atomic mass is 127. The fourth-order valence-corrected chi connectivity index (χ4v) is 1.14. The molecule has 0 fully saturated rings. The van der Waals surface area contributed by atoms with E-state index in [1.54, 1.807) is 0 Å². The summed E-state index contributed by atoms with van der Waals surface area (Å²) in [6, 6.07) is 0. The van der Waals surface area contributed by atoms with E-state index in [1.165, 1.54) is 5.57 Å². The third-order valence-electron chi connectivity index (χ3n) is 1.15. The quantitative estimate of drug-likeness (QED) is 0.518. The summed E-state index contributed by atoms with van der Waals surface area (Å²) in [4.78, 5) is 0. The van der Waals surface area contributed by atoms with Crippen LogP contribution in [0.1, 0.15) is 26.7 Å². The molecule has 0 aromatic rings. The van der Waals surface area contributed by atoms with Crippen LogP contribution in [0.4, 0.5) is 0 Å². The van der Waals surface area contributed by atoms with Gasteiger partial charge in [-0.15, -0.1) is 0 Å². The van der Waals surface area contributed by atoms with Crippen LogP contribution in [0.5, 0.6) is 0 Å². The predicted octanol–water partition coefficient (Wildman–Crippen LogP) is 3.68. The van der Waals surface area contributed by atoms with Gasteiger partial charge in [-0.25, -0.2) is 0 Å². The summed E-state index contributed by atoms with van der Waals surface area (Å²) in [6.45, 7) is 4.34. The second kappa shape index (κ2) is 6.33. The maximum atomic E-state index is 2.26. The first-order valence-corrected chi connectivity index (χ1v) is 4.55. The Bertz CT molecular complexity index is 112. The van der Waals surface area contributed by atoms with Crippen molar-refractivity contribution in [3.05, 3.63) is 21.8 Å². The Kier molecular flexibility index (Phi) is 6.48. The first-order valence-electron chi connectivity index (χ1n) is 3.30. The summed E-state index contributed by atoms with van der Waals surface area (Å²) in [6.07, 6.45) is 6.71. The molecule has 0 N–H and O–H groups in total. The minimum absolute atomic E-state index is 1.14. The van der Waals surface area contributed by atoms with Crippen LogP contribution in [-0.2, 0) is 0 Å². The average molecular weight is 236 g/mol. The van der Waals surface area contributed by atoms with Gasteiger partial charge in [0.15, 0.2) is 0 Å². The Labute approximate surface area is 71.2 Å². The lowest BCUT2D eigenvalue weighted by atomic mass is 10.2. The predicted molar refractivity (Wildman–Crippen MR) is 51.8 cm³/mol. The highest BCUT2D eigenvalue weighted by Crippen LogP contribution is 2.04. The van der Waals surface area contributed by atoms with Crippen molar-refractivity contribution >= 4 is 22.6 Å². The summed E-state index contributed by atoms with van der Waals surface area (Å²) in [7, 11) is 0. The second-order valence-electron chi connectivity index (χ2n) is 1.83. The molecule has 0 rings (SSSR count). The van der Waals surface area contributed by atoms with Crippen LogP contribution < -0.4 is 0 Å². The van der Waals surface area contributed by atoms with Crippen LogP contribution in [-0.4, -0.2) is 0 Å². The fraction of sp³-hybridized carbons (Fsp3) is 0.500. The first kappa shape index (κ1) is 9.21. The molecule has 0 saturated heterocycles. The van der Waals surface area contributed by atoms with Crippen molar-refractivity contribution in [2.24, 2.45) is 0 Å². The van der Waals surface area contributed by atoms with Crippen molar-refractivity contribution in [3.63, 3.8) is 0 Å². The highest BCUT2D eigenvalue weighted by Gasteiger charge is 1.82. The van der Waals surface area contributed by atoms with Crippen molar-refractivity contribution in [1.82, 2.24) is 0 Å². The van der Waals surface area contributed by atoms with Crippen molar-refractivity contribution in [2.45, 2.75) is 26.7 Å². The third-order valence-corrected chi connectivity index (χ3v) is 1.51. The minimum Gasteiger partial charge on any atom is -0.0816 e. The molecule has 0 aromatic carbocycles. The molecule has 0 atom stereocenters. The molecule has 1 heteroatoms. The molecule has 0 aliphatic carbocycles. The molecule has 0 nitrogen and oxygen atoms in total. The standard InChI is InChI=1S/C8H13I/c1-3-5-8(4-2)6-7-9/h5-7H,3-4H2,1-2H3/b7-6+,8-5+. The average Bonchev–Trinajstić information content (AvgIpc) is 1.88. The Morgan fingerprint density at radius 3 is 2.44 bits per heavy atom. The molecule has 0 unspecified atom stereocenters. The molecular formula is C8H13I. The van der Waals surface area contributed by atoms with Crippen molar-refractivity contribution < 1.29 is 0 Å². The number of allylic oxidation sites excluding steroid dienone is 3. The van der Waals surface area contributed by atoms with Gasteiger partial charge in [0.05, 0.1) is 0 Å². The van der Waals surface area contributed by atoms with Crippen LogP contribution in [0.2, 0.25) is 0 Å². The van der Waals surface area contributed by atoms with Gasteiger partial charge in [0.2, 0.25) is 0 Å². The zero-order valence-electron chi connectivity index (χ0n) is 6.02. The Hall–Kier alpha value is 0.210. The molecule has 0 spiro atoms. The van der Waals surface area contributed by atoms with E-state index in [-0.39, 0.29) is 0 Å². The summed E-state index contributed by atoms with van der Waals surface area (Å²) in [5.41, 5.74) is 1.44. The molecule has 9 heavy (non-hydrogen) atoms. The summed E-state index contributed by atoms with van der Waals surface area (Å²) in [5, 5.41) is 0. The van der Waals surface area contributed by atoms with Gasteiger partial charge in [-0.1, -0.05) is 54.2 Å². The van der Waals surface area contributed by atoms with E-state index in [9.17, 15) is 0 Å². The maximum absolute atomic E-state index is 2.26. The Balaban J connectivity index is 3.81. The SMILES string of the molecule is CC/C=C(/C=C/I)CC. The van der Waals surface area contributed by atoms with E-state index in [0.29, 0.717) is 0 Å². The van der Waals surface area contributed by atoms with Gasteiger partial charge in [0.25, 0.3) is 0 Å². The van der Waals surface area contributed by atoms with Gasteiger partial charge in [0, 0.05) is 0 Å². The second-order valence-corrected chi connectivity index (χ2v) is 2.55. The van der Waals surface area contributed by atoms with Crippen LogP contribution in [0, 0.1) is 0 Å². The Morgan fingerprint density at radius 1 is 1.44 bits per heavy atom. The van der Waals surface area contributed by atoms with Crippen molar-refractivity contribution in [2.75, 3.05) is 0 Å². The molecule has 0 radical (unpaired) electrons. The highest BCUT2D eigenvalue weighted by molar-refractivity contribution is 14.1. The van der Waals surface area contributed by atoms with Gasteiger partial charge in [-0.2, -0.15) is 0 Å². The third kappa shape index (κ3) is 4.70. The topological polar surface area (TPSA) is 0 Å². The monoisotopic (exact) mass is 236 g/mol. The van der Waals surface area contributed by atoms with E-state index in [4.69, 9.17) is 0 Å². The van der Waals surface area contributed by atoms with Crippen molar-refractivity contribution in [1.29, 1.82) is 0 Å². The summed E-state index contributed by atoms with van der Waals surface area (Å²) in [5.74, 6) is 0. The lowest BCUT2D eigenvalue weighted by Crippen LogP contribution is -1.71. The molecule has 0 saturated carbocycles. The van der Waals surface area contributed by atoms with Gasteiger partial charge in [0.1, 0.15) is 0 Å².